The molecule has 6 heteroatoms. The lowest BCUT2D eigenvalue weighted by Crippen LogP contribution is -2.39. The highest BCUT2D eigenvalue weighted by Gasteiger charge is 2.37. The number of nitrogens with zero attached hydrogens (tertiary/aromatic N) is 2. The van der Waals surface area contributed by atoms with Gasteiger partial charge in [-0.2, -0.15) is 0 Å². The lowest BCUT2D eigenvalue weighted by atomic mass is 9.87. The lowest BCUT2D eigenvalue weighted by Gasteiger charge is -2.32. The van der Waals surface area contributed by atoms with Crippen LogP contribution < -0.4 is 14.8 Å². The Kier molecular flexibility index (Phi) is 7.99. The Balaban J connectivity index is 0.00000272. The second kappa shape index (κ2) is 10.7. The number of rotatable bonds is 9. The first-order valence-electron chi connectivity index (χ1n) is 10.8. The zero-order valence-corrected chi connectivity index (χ0v) is 19.2. The van der Waals surface area contributed by atoms with Gasteiger partial charge in [0.2, 0.25) is 0 Å². The van der Waals surface area contributed by atoms with Crippen LogP contribution in [0.2, 0.25) is 0 Å². The third-order valence-electron chi connectivity index (χ3n) is 6.05. The van der Waals surface area contributed by atoms with Crippen molar-refractivity contribution in [3.63, 3.8) is 0 Å². The van der Waals surface area contributed by atoms with Crippen LogP contribution in [-0.4, -0.2) is 23.3 Å². The van der Waals surface area contributed by atoms with E-state index in [2.05, 4.69) is 51.3 Å². The van der Waals surface area contributed by atoms with Crippen molar-refractivity contribution in [1.29, 1.82) is 0 Å². The van der Waals surface area contributed by atoms with Crippen molar-refractivity contribution in [3.05, 3.63) is 77.9 Å². The molecule has 31 heavy (non-hydrogen) atoms. The van der Waals surface area contributed by atoms with Gasteiger partial charge in [-0.1, -0.05) is 37.1 Å². The number of halogens is 1. The molecule has 1 saturated carbocycles. The lowest BCUT2D eigenvalue weighted by molar-refractivity contribution is 0.316. The monoisotopic (exact) mass is 441 g/mol. The molecule has 5 nitrogen and oxygen atoms in total. The fourth-order valence-electron chi connectivity index (χ4n) is 4.57. The van der Waals surface area contributed by atoms with Crippen molar-refractivity contribution in [2.75, 3.05) is 13.7 Å². The Morgan fingerprint density at radius 1 is 1.10 bits per heavy atom. The highest BCUT2D eigenvalue weighted by molar-refractivity contribution is 5.85. The smallest absolute Gasteiger partial charge is 0.124 e. The van der Waals surface area contributed by atoms with E-state index in [1.54, 1.807) is 7.11 Å². The molecular formula is C25H32ClN3O2. The number of aromatic nitrogens is 2. The topological polar surface area (TPSA) is 48.3 Å². The van der Waals surface area contributed by atoms with Crippen LogP contribution in [0, 0.1) is 0 Å². The molecule has 4 rings (SSSR count). The second-order valence-corrected chi connectivity index (χ2v) is 7.95. The largest absolute Gasteiger partial charge is 0.496 e. The standard InChI is InChI=1S/C25H31N3O2.ClH/c1-3-30-23-11-10-20(16-21(23)18-28-15-14-26-19-28)17-27-25(12-6-7-13-25)22-8-4-5-9-24(22)29-2;/h4-5,8-11,14-16,19,27H,3,6-7,12-13,17-18H2,1-2H3;1H. The number of ether oxygens (including phenoxy) is 2. The first kappa shape index (κ1) is 23.2. The van der Waals surface area contributed by atoms with Crippen LogP contribution in [0.25, 0.3) is 0 Å². The summed E-state index contributed by atoms with van der Waals surface area (Å²) in [5, 5.41) is 3.90. The van der Waals surface area contributed by atoms with Crippen LogP contribution in [0.5, 0.6) is 11.5 Å². The Hall–Kier alpha value is -2.50. The van der Waals surface area contributed by atoms with E-state index in [0.29, 0.717) is 6.61 Å². The minimum atomic E-state index is -0.0320. The molecule has 1 fully saturated rings. The third kappa shape index (κ3) is 5.23. The number of nitrogens with one attached hydrogen (secondary N) is 1. The molecule has 1 aliphatic rings. The highest BCUT2D eigenvalue weighted by Crippen LogP contribution is 2.42. The van der Waals surface area contributed by atoms with Crippen molar-refractivity contribution >= 4 is 12.4 Å². The fourth-order valence-corrected chi connectivity index (χ4v) is 4.57. The minimum Gasteiger partial charge on any atom is -0.496 e. The van der Waals surface area contributed by atoms with Gasteiger partial charge in [0, 0.05) is 35.6 Å². The van der Waals surface area contributed by atoms with Gasteiger partial charge in [0.05, 0.1) is 26.6 Å². The van der Waals surface area contributed by atoms with Crippen LogP contribution >= 0.6 is 12.4 Å². The average Bonchev–Trinajstić information content (AvgIpc) is 3.47. The van der Waals surface area contributed by atoms with Gasteiger partial charge in [0.25, 0.3) is 0 Å². The van der Waals surface area contributed by atoms with E-state index in [9.17, 15) is 0 Å². The molecule has 0 bridgehead atoms. The van der Waals surface area contributed by atoms with Gasteiger partial charge in [-0.25, -0.2) is 4.98 Å². The maximum absolute atomic E-state index is 5.87. The number of benzene rings is 2. The predicted molar refractivity (Wildman–Crippen MR) is 126 cm³/mol. The SMILES string of the molecule is CCOc1ccc(CNC2(c3ccccc3OC)CCCC2)cc1Cn1ccnc1.Cl. The van der Waals surface area contributed by atoms with Gasteiger partial charge in [-0.15, -0.1) is 12.4 Å². The molecule has 2 aromatic carbocycles. The molecule has 0 atom stereocenters. The molecule has 0 aliphatic heterocycles. The van der Waals surface area contributed by atoms with Crippen LogP contribution in [0.4, 0.5) is 0 Å². The zero-order chi connectivity index (χ0) is 20.8. The average molecular weight is 442 g/mol. The van der Waals surface area contributed by atoms with Gasteiger partial charge in [0.15, 0.2) is 0 Å². The summed E-state index contributed by atoms with van der Waals surface area (Å²) in [6, 6.07) is 14.9. The van der Waals surface area contributed by atoms with Crippen LogP contribution in [0.3, 0.4) is 0 Å². The van der Waals surface area contributed by atoms with E-state index in [1.165, 1.54) is 29.5 Å². The Morgan fingerprint density at radius 3 is 2.61 bits per heavy atom. The van der Waals surface area contributed by atoms with Gasteiger partial charge < -0.3 is 19.4 Å². The molecular weight excluding hydrogens is 410 g/mol. The normalized spacial score (nSPS) is 14.8. The van der Waals surface area contributed by atoms with Crippen molar-refractivity contribution in [3.8, 4) is 11.5 Å². The van der Waals surface area contributed by atoms with Crippen molar-refractivity contribution in [1.82, 2.24) is 14.9 Å². The molecule has 0 radical (unpaired) electrons. The van der Waals surface area contributed by atoms with Crippen LogP contribution in [0.15, 0.2) is 61.2 Å². The molecule has 0 spiro atoms. The Bertz CT molecular complexity index is 953. The molecule has 1 aromatic heterocycles. The number of imidazole rings is 1. The summed E-state index contributed by atoms with van der Waals surface area (Å²) in [4.78, 5) is 4.16. The molecule has 1 aliphatic carbocycles. The van der Waals surface area contributed by atoms with Crippen molar-refractivity contribution in [2.24, 2.45) is 0 Å². The third-order valence-corrected chi connectivity index (χ3v) is 6.05. The van der Waals surface area contributed by atoms with Crippen molar-refractivity contribution < 1.29 is 9.47 Å². The van der Waals surface area contributed by atoms with E-state index < -0.39 is 0 Å². The van der Waals surface area contributed by atoms with Crippen molar-refractivity contribution in [2.45, 2.75) is 51.2 Å². The number of methoxy groups -OCH3 is 1. The number of para-hydroxylation sites is 1. The molecule has 0 saturated heterocycles. The molecule has 3 aromatic rings. The van der Waals surface area contributed by atoms with Crippen LogP contribution in [-0.2, 0) is 18.6 Å². The van der Waals surface area contributed by atoms with Gasteiger partial charge >= 0.3 is 0 Å². The van der Waals surface area contributed by atoms with Gasteiger partial charge in [-0.05, 0) is 43.5 Å². The van der Waals surface area contributed by atoms with E-state index in [0.717, 1.165) is 37.4 Å². The predicted octanol–water partition coefficient (Wildman–Crippen LogP) is 5.32. The molecule has 166 valence electrons. The molecule has 1 N–H and O–H groups in total. The number of hydrogen-bond donors (Lipinski definition) is 1. The number of hydrogen-bond acceptors (Lipinski definition) is 4. The summed E-state index contributed by atoms with van der Waals surface area (Å²) < 4.78 is 13.6. The summed E-state index contributed by atoms with van der Waals surface area (Å²) in [6.45, 7) is 4.24. The summed E-state index contributed by atoms with van der Waals surface area (Å²) in [5.74, 6) is 1.91. The Morgan fingerprint density at radius 2 is 1.90 bits per heavy atom. The molecule has 1 heterocycles. The first-order chi connectivity index (χ1) is 14.7. The Labute approximate surface area is 191 Å². The maximum Gasteiger partial charge on any atom is 0.124 e. The molecule has 0 amide bonds. The minimum absolute atomic E-state index is 0. The second-order valence-electron chi connectivity index (χ2n) is 7.95. The summed E-state index contributed by atoms with van der Waals surface area (Å²) in [5.41, 5.74) is 3.67. The highest BCUT2D eigenvalue weighted by atomic mass is 35.5. The quantitative estimate of drug-likeness (QED) is 0.488. The summed E-state index contributed by atoms with van der Waals surface area (Å²) in [7, 11) is 1.76. The summed E-state index contributed by atoms with van der Waals surface area (Å²) >= 11 is 0. The van der Waals surface area contributed by atoms with E-state index in [4.69, 9.17) is 9.47 Å². The maximum atomic E-state index is 5.87. The molecule has 0 unspecified atom stereocenters. The fraction of sp³-hybridized carbons (Fsp3) is 0.400. The first-order valence-corrected chi connectivity index (χ1v) is 10.8. The van der Waals surface area contributed by atoms with E-state index in [-0.39, 0.29) is 17.9 Å². The zero-order valence-electron chi connectivity index (χ0n) is 18.3. The summed E-state index contributed by atoms with van der Waals surface area (Å²) in [6.07, 6.45) is 10.4. The van der Waals surface area contributed by atoms with Gasteiger partial charge in [0.1, 0.15) is 11.5 Å². The van der Waals surface area contributed by atoms with E-state index >= 15 is 0 Å². The van der Waals surface area contributed by atoms with E-state index in [1.807, 2.05) is 31.7 Å². The van der Waals surface area contributed by atoms with Gasteiger partial charge in [-0.3, -0.25) is 0 Å². The van der Waals surface area contributed by atoms with Crippen LogP contribution in [0.1, 0.15) is 49.3 Å².